The number of esters is 1. The molecule has 1 aromatic heterocycles. The van der Waals surface area contributed by atoms with Crippen LogP contribution in [-0.4, -0.2) is 54.8 Å². The molecule has 9 heteroatoms. The molecule has 0 fully saturated rings. The summed E-state index contributed by atoms with van der Waals surface area (Å²) in [5.74, 6) is -0.555. The predicted molar refractivity (Wildman–Crippen MR) is 182 cm³/mol. The van der Waals surface area contributed by atoms with Crippen molar-refractivity contribution in [2.24, 2.45) is 0 Å². The lowest BCUT2D eigenvalue weighted by molar-refractivity contribution is -0.147. The van der Waals surface area contributed by atoms with Crippen LogP contribution in [0.1, 0.15) is 25.0 Å². The Kier molecular flexibility index (Phi) is 9.41. The quantitative estimate of drug-likeness (QED) is 0.149. The molecule has 0 aliphatic carbocycles. The first kappa shape index (κ1) is 32.3. The molecule has 234 valence electrons. The zero-order valence-corrected chi connectivity index (χ0v) is 27.5. The van der Waals surface area contributed by atoms with Gasteiger partial charge in [0.25, 0.3) is 0 Å². The Hall–Kier alpha value is -4.08. The fraction of sp³-hybridized carbons (Fsp3) is 0.222. The molecule has 0 radical (unpaired) electrons. The first-order valence-electron chi connectivity index (χ1n) is 14.9. The summed E-state index contributed by atoms with van der Waals surface area (Å²) in [6.07, 6.45) is 2.43. The van der Waals surface area contributed by atoms with Gasteiger partial charge in [0.1, 0.15) is 6.04 Å². The Labute approximate surface area is 269 Å². The van der Waals surface area contributed by atoms with Gasteiger partial charge in [-0.1, -0.05) is 85.3 Å². The maximum Gasteiger partial charge on any atom is 0.325 e. The number of nitrogens with zero attached hydrogens (tertiary/aromatic N) is 3. The molecule has 1 atom stereocenters. The lowest BCUT2D eigenvalue weighted by Crippen LogP contribution is -2.55. The van der Waals surface area contributed by atoms with Crippen molar-refractivity contribution in [1.82, 2.24) is 14.1 Å². The Morgan fingerprint density at radius 1 is 0.911 bits per heavy atom. The number of benzene rings is 4. The highest BCUT2D eigenvalue weighted by Gasteiger charge is 2.39. The molecule has 5 aromatic rings. The molecule has 1 heterocycles. The molecule has 5 rings (SSSR count). The number of carbonyl (C=O) groups excluding carboxylic acids is 1. The number of halogens is 1. The maximum atomic E-state index is 14.5. The smallest absolute Gasteiger partial charge is 0.325 e. The minimum Gasteiger partial charge on any atom is -0.465 e. The van der Waals surface area contributed by atoms with Crippen LogP contribution in [0.25, 0.3) is 28.2 Å². The van der Waals surface area contributed by atoms with Crippen LogP contribution in [0.5, 0.6) is 0 Å². The van der Waals surface area contributed by atoms with Crippen LogP contribution >= 0.6 is 11.6 Å². The fourth-order valence-electron chi connectivity index (χ4n) is 5.26. The van der Waals surface area contributed by atoms with Gasteiger partial charge < -0.3 is 4.74 Å². The first-order chi connectivity index (χ1) is 21.5. The molecule has 0 bridgehead atoms. The third-order valence-corrected chi connectivity index (χ3v) is 11.3. The highest BCUT2D eigenvalue weighted by atomic mass is 35.5. The van der Waals surface area contributed by atoms with Crippen molar-refractivity contribution in [3.63, 3.8) is 0 Å². The molecule has 0 aliphatic heterocycles. The Morgan fingerprint density at radius 2 is 1.53 bits per heavy atom. The summed E-state index contributed by atoms with van der Waals surface area (Å²) in [4.78, 5) is 13.3. The van der Waals surface area contributed by atoms with Gasteiger partial charge in [-0.15, -0.1) is 9.53 Å². The largest absolute Gasteiger partial charge is 0.465 e. The molecule has 4 aromatic carbocycles. The summed E-state index contributed by atoms with van der Waals surface area (Å²) in [7, 11) is -3.21. The van der Waals surface area contributed by atoms with Gasteiger partial charge in [0, 0.05) is 35.9 Å². The molecular weight excluding hydrogens is 606 g/mol. The summed E-state index contributed by atoms with van der Waals surface area (Å²) < 4.78 is 34.7. The van der Waals surface area contributed by atoms with Crippen LogP contribution in [0.2, 0.25) is 5.02 Å². The van der Waals surface area contributed by atoms with Crippen molar-refractivity contribution in [2.45, 2.75) is 37.6 Å². The van der Waals surface area contributed by atoms with Crippen LogP contribution in [0.4, 0.5) is 0 Å². The van der Waals surface area contributed by atoms with Crippen molar-refractivity contribution >= 4 is 27.1 Å². The summed E-state index contributed by atoms with van der Waals surface area (Å²) >= 11 is 6.14. The summed E-state index contributed by atoms with van der Waals surface area (Å²) in [5, 5.41) is 5.58. The third kappa shape index (κ3) is 6.94. The second-order valence-corrected chi connectivity index (χ2v) is 15.1. The van der Waals surface area contributed by atoms with Gasteiger partial charge in [-0.2, -0.15) is 13.6 Å². The topological polar surface area (TPSA) is 84.7 Å². The zero-order chi connectivity index (χ0) is 32.2. The molecular formula is C36H38ClN3O4S. The van der Waals surface area contributed by atoms with Crippen LogP contribution in [0, 0.1) is 0 Å². The zero-order valence-electron chi connectivity index (χ0n) is 25.9. The normalized spacial score (nSPS) is 13.3. The van der Waals surface area contributed by atoms with E-state index in [4.69, 9.17) is 21.4 Å². The molecule has 0 amide bonds. The second-order valence-electron chi connectivity index (χ2n) is 11.1. The number of likely N-dealkylation sites (N-methyl/N-ethyl adjacent to an activating group) is 1. The van der Waals surface area contributed by atoms with Gasteiger partial charge in [-0.3, -0.25) is 9.35 Å². The lowest BCUT2D eigenvalue weighted by Gasteiger charge is -2.49. The van der Waals surface area contributed by atoms with Crippen LogP contribution in [0.15, 0.2) is 114 Å². The number of rotatable bonds is 11. The molecule has 1 unspecified atom stereocenters. The Bertz CT molecular complexity index is 1830. The van der Waals surface area contributed by atoms with Crippen molar-refractivity contribution in [3.05, 3.63) is 125 Å². The van der Waals surface area contributed by atoms with Gasteiger partial charge in [-0.25, -0.2) is 4.68 Å². The standard InChI is InChI=1S/C36H38ClN3O4S/c1-5-26-12-14-29(15-13-26)34-25-33(28-16-18-30(37)19-17-28)38-40(34)31-20-22-32(23-21-31)45(4,42,43)39(3)35(36(41)44-6-2)24-27-10-8-7-9-11-27/h7-23,25,35H,5-6,24H2,1-4H3,(H,42,43). The highest BCUT2D eigenvalue weighted by Crippen LogP contribution is 2.36. The van der Waals surface area contributed by atoms with E-state index in [1.807, 2.05) is 65.3 Å². The average Bonchev–Trinajstić information content (AvgIpc) is 3.50. The predicted octanol–water partition coefficient (Wildman–Crippen LogP) is 7.73. The third-order valence-electron chi connectivity index (χ3n) is 8.08. The van der Waals surface area contributed by atoms with Gasteiger partial charge in [-0.05, 0) is 66.9 Å². The SMILES string of the molecule is CCOC(=O)C(Cc1ccccc1)N(C)S(C)(=O)(O)c1ccc(-n2nc(-c3ccc(Cl)cc3)cc2-c2ccc(CC)cc2)cc1. The molecule has 0 aliphatic rings. The van der Waals surface area contributed by atoms with Crippen LogP contribution in [-0.2, 0) is 31.9 Å². The van der Waals surface area contributed by atoms with E-state index in [-0.39, 0.29) is 17.9 Å². The molecule has 0 spiro atoms. The molecule has 1 N–H and O–H groups in total. The van der Waals surface area contributed by atoms with Gasteiger partial charge >= 0.3 is 5.97 Å². The maximum absolute atomic E-state index is 14.5. The van der Waals surface area contributed by atoms with Gasteiger partial charge in [0.2, 0.25) is 0 Å². The molecule has 0 saturated carbocycles. The van der Waals surface area contributed by atoms with E-state index in [0.717, 1.165) is 34.5 Å². The van der Waals surface area contributed by atoms with E-state index in [1.54, 1.807) is 31.2 Å². The van der Waals surface area contributed by atoms with Crippen LogP contribution < -0.4 is 0 Å². The number of carbonyl (C=O) groups is 1. The highest BCUT2D eigenvalue weighted by molar-refractivity contribution is 8.12. The van der Waals surface area contributed by atoms with Gasteiger partial charge in [0.15, 0.2) is 0 Å². The Balaban J connectivity index is 1.53. The van der Waals surface area contributed by atoms with E-state index in [0.29, 0.717) is 10.7 Å². The van der Waals surface area contributed by atoms with Crippen molar-refractivity contribution in [3.8, 4) is 28.2 Å². The average molecular weight is 644 g/mol. The van der Waals surface area contributed by atoms with Crippen molar-refractivity contribution in [1.29, 1.82) is 0 Å². The monoisotopic (exact) mass is 643 g/mol. The number of hydrogen-bond acceptors (Lipinski definition) is 4. The number of ether oxygens (including phenoxy) is 1. The number of hydrogen-bond donors (Lipinski definition) is 1. The van der Waals surface area contributed by atoms with Crippen molar-refractivity contribution in [2.75, 3.05) is 19.9 Å². The summed E-state index contributed by atoms with van der Waals surface area (Å²) in [6.45, 7) is 4.00. The Morgan fingerprint density at radius 3 is 2.13 bits per heavy atom. The first-order valence-corrected chi connectivity index (χ1v) is 17.5. The van der Waals surface area contributed by atoms with E-state index in [2.05, 4.69) is 31.2 Å². The summed E-state index contributed by atoms with van der Waals surface area (Å²) in [5.41, 5.74) is 6.34. The van der Waals surface area contributed by atoms with Crippen molar-refractivity contribution < 1.29 is 18.3 Å². The fourth-order valence-corrected chi connectivity index (χ4v) is 7.24. The van der Waals surface area contributed by atoms with E-state index < -0.39 is 21.5 Å². The molecule has 45 heavy (non-hydrogen) atoms. The molecule has 0 saturated heterocycles. The van der Waals surface area contributed by atoms with E-state index in [1.165, 1.54) is 23.2 Å². The molecule has 7 nitrogen and oxygen atoms in total. The number of aromatic nitrogens is 2. The van der Waals surface area contributed by atoms with E-state index in [9.17, 15) is 13.6 Å². The minimum atomic E-state index is -4.71. The lowest BCUT2D eigenvalue weighted by atomic mass is 10.1. The van der Waals surface area contributed by atoms with Gasteiger partial charge in [0.05, 0.1) is 28.6 Å². The minimum absolute atomic E-state index is 0.166. The second kappa shape index (κ2) is 13.1. The van der Waals surface area contributed by atoms with E-state index >= 15 is 0 Å². The van der Waals surface area contributed by atoms with Crippen LogP contribution in [0.3, 0.4) is 0 Å². The summed E-state index contributed by atoms with van der Waals surface area (Å²) in [6, 6.07) is 33.1. The number of aryl methyl sites for hydroxylation is 1.